The average Bonchev–Trinajstić information content (AvgIpc) is 2.68. The minimum absolute atomic E-state index is 0.0242. The Labute approximate surface area is 175 Å². The molecule has 3 aromatic rings. The van der Waals surface area contributed by atoms with Crippen LogP contribution < -0.4 is 10.1 Å². The first kappa shape index (κ1) is 22.9. The number of anilines is 1. The standard InChI is InChI=1S/C21H12F7NO3/c22-16-2-1-3-17(30)18(16)19(31)29-13-4-6-14(7-5-13)32-15-9-11(20(23,24)25)8-12(10-15)21(26,27)28/h1-10,30H,(H,29,31). The molecule has 3 aromatic carbocycles. The lowest BCUT2D eigenvalue weighted by molar-refractivity contribution is -0.143. The van der Waals surface area contributed by atoms with E-state index >= 15 is 0 Å². The van der Waals surface area contributed by atoms with Gasteiger partial charge in [0.15, 0.2) is 0 Å². The summed E-state index contributed by atoms with van der Waals surface area (Å²) in [5.41, 5.74) is -3.56. The topological polar surface area (TPSA) is 58.6 Å². The highest BCUT2D eigenvalue weighted by atomic mass is 19.4. The van der Waals surface area contributed by atoms with Crippen LogP contribution in [0.3, 0.4) is 0 Å². The van der Waals surface area contributed by atoms with E-state index in [1.54, 1.807) is 0 Å². The molecule has 0 aliphatic rings. The summed E-state index contributed by atoms with van der Waals surface area (Å²) in [6.07, 6.45) is -10.0. The lowest BCUT2D eigenvalue weighted by Crippen LogP contribution is -2.14. The molecule has 0 unspecified atom stereocenters. The molecule has 1 amide bonds. The van der Waals surface area contributed by atoms with Crippen molar-refractivity contribution in [1.29, 1.82) is 0 Å². The maximum Gasteiger partial charge on any atom is 0.416 e. The molecule has 4 nitrogen and oxygen atoms in total. The normalized spacial score (nSPS) is 11.8. The van der Waals surface area contributed by atoms with Crippen LogP contribution in [0.15, 0.2) is 60.7 Å². The van der Waals surface area contributed by atoms with Crippen LogP contribution in [0.4, 0.5) is 36.4 Å². The van der Waals surface area contributed by atoms with E-state index in [0.29, 0.717) is 12.1 Å². The van der Waals surface area contributed by atoms with E-state index in [1.807, 2.05) is 0 Å². The second kappa shape index (κ2) is 8.40. The van der Waals surface area contributed by atoms with Gasteiger partial charge in [-0.05, 0) is 54.6 Å². The largest absolute Gasteiger partial charge is 0.507 e. The number of aromatic hydroxyl groups is 1. The van der Waals surface area contributed by atoms with Gasteiger partial charge in [-0.3, -0.25) is 4.79 Å². The van der Waals surface area contributed by atoms with Crippen LogP contribution >= 0.6 is 0 Å². The highest BCUT2D eigenvalue weighted by molar-refractivity contribution is 6.06. The molecule has 0 saturated heterocycles. The number of phenolic OH excluding ortho intramolecular Hbond substituents is 1. The number of hydrogen-bond acceptors (Lipinski definition) is 3. The van der Waals surface area contributed by atoms with Crippen molar-refractivity contribution < 1.29 is 45.4 Å². The van der Waals surface area contributed by atoms with Crippen LogP contribution in [0.5, 0.6) is 17.2 Å². The van der Waals surface area contributed by atoms with E-state index in [9.17, 15) is 40.6 Å². The summed E-state index contributed by atoms with van der Waals surface area (Å²) in [7, 11) is 0. The number of alkyl halides is 6. The minimum atomic E-state index is -5.02. The number of carbonyl (C=O) groups is 1. The second-order valence-electron chi connectivity index (χ2n) is 6.46. The van der Waals surface area contributed by atoms with E-state index in [2.05, 4.69) is 5.32 Å². The molecular formula is C21H12F7NO3. The summed E-state index contributed by atoms with van der Waals surface area (Å²) < 4.78 is 96.5. The molecule has 0 spiro atoms. The van der Waals surface area contributed by atoms with Gasteiger partial charge >= 0.3 is 12.4 Å². The molecule has 0 saturated carbocycles. The third kappa shape index (κ3) is 5.29. The number of carbonyl (C=O) groups excluding carboxylic acids is 1. The number of rotatable bonds is 4. The van der Waals surface area contributed by atoms with Gasteiger partial charge in [0.05, 0.1) is 11.1 Å². The molecule has 0 bridgehead atoms. The van der Waals surface area contributed by atoms with Gasteiger partial charge in [0.1, 0.15) is 28.6 Å². The first-order chi connectivity index (χ1) is 14.8. The van der Waals surface area contributed by atoms with Gasteiger partial charge in [0, 0.05) is 5.69 Å². The van der Waals surface area contributed by atoms with Crippen LogP contribution in [-0.2, 0) is 12.4 Å². The summed E-state index contributed by atoms with van der Waals surface area (Å²) in [6, 6.07) is 8.89. The zero-order valence-electron chi connectivity index (χ0n) is 15.7. The van der Waals surface area contributed by atoms with E-state index in [4.69, 9.17) is 4.74 Å². The van der Waals surface area contributed by atoms with Crippen molar-refractivity contribution in [3.63, 3.8) is 0 Å². The molecule has 0 aromatic heterocycles. The fourth-order valence-corrected chi connectivity index (χ4v) is 2.66. The van der Waals surface area contributed by atoms with Crippen molar-refractivity contribution >= 4 is 11.6 Å². The Morgan fingerprint density at radius 1 is 0.812 bits per heavy atom. The quantitative estimate of drug-likeness (QED) is 0.432. The number of phenols is 1. The highest BCUT2D eigenvalue weighted by Gasteiger charge is 2.37. The number of nitrogens with one attached hydrogen (secondary N) is 1. The third-order valence-electron chi connectivity index (χ3n) is 4.13. The van der Waals surface area contributed by atoms with E-state index in [-0.39, 0.29) is 17.5 Å². The summed E-state index contributed by atoms with van der Waals surface area (Å²) in [4.78, 5) is 12.1. The SMILES string of the molecule is O=C(Nc1ccc(Oc2cc(C(F)(F)F)cc(C(F)(F)F)c2)cc1)c1c(O)cccc1F. The maximum absolute atomic E-state index is 13.7. The smallest absolute Gasteiger partial charge is 0.416 e. The molecule has 3 rings (SSSR count). The molecule has 0 fully saturated rings. The number of ether oxygens (including phenoxy) is 1. The van der Waals surface area contributed by atoms with Gasteiger partial charge in [0.25, 0.3) is 5.91 Å². The second-order valence-corrected chi connectivity index (χ2v) is 6.46. The molecule has 11 heteroatoms. The highest BCUT2D eigenvalue weighted by Crippen LogP contribution is 2.39. The Morgan fingerprint density at radius 3 is 1.88 bits per heavy atom. The molecule has 0 atom stereocenters. The van der Waals surface area contributed by atoms with Gasteiger partial charge < -0.3 is 15.2 Å². The van der Waals surface area contributed by atoms with Crippen LogP contribution in [0.25, 0.3) is 0 Å². The Kier molecular flexibility index (Phi) is 6.02. The van der Waals surface area contributed by atoms with Crippen molar-refractivity contribution in [1.82, 2.24) is 0 Å². The van der Waals surface area contributed by atoms with Crippen LogP contribution in [0.1, 0.15) is 21.5 Å². The average molecular weight is 459 g/mol. The van der Waals surface area contributed by atoms with Crippen molar-refractivity contribution in [2.45, 2.75) is 12.4 Å². The zero-order valence-corrected chi connectivity index (χ0v) is 15.7. The van der Waals surface area contributed by atoms with E-state index in [0.717, 1.165) is 12.1 Å². The molecule has 0 aliphatic heterocycles. The van der Waals surface area contributed by atoms with Crippen LogP contribution in [-0.4, -0.2) is 11.0 Å². The monoisotopic (exact) mass is 459 g/mol. The Hall–Kier alpha value is -3.76. The number of halogens is 7. The Bertz CT molecular complexity index is 1090. The molecule has 0 radical (unpaired) electrons. The lowest BCUT2D eigenvalue weighted by atomic mass is 10.1. The van der Waals surface area contributed by atoms with E-state index < -0.39 is 52.3 Å². The fraction of sp³-hybridized carbons (Fsp3) is 0.0952. The molecule has 0 heterocycles. The zero-order chi connectivity index (χ0) is 23.7. The lowest BCUT2D eigenvalue weighted by Gasteiger charge is -2.15. The minimum Gasteiger partial charge on any atom is -0.507 e. The van der Waals surface area contributed by atoms with Crippen molar-refractivity contribution in [3.8, 4) is 17.2 Å². The summed E-state index contributed by atoms with van der Waals surface area (Å²) >= 11 is 0. The van der Waals surface area contributed by atoms with Gasteiger partial charge in [0.2, 0.25) is 0 Å². The van der Waals surface area contributed by atoms with Crippen molar-refractivity contribution in [2.75, 3.05) is 5.32 Å². The molecule has 0 aliphatic carbocycles. The fourth-order valence-electron chi connectivity index (χ4n) is 2.66. The number of hydrogen-bond donors (Lipinski definition) is 2. The summed E-state index contributed by atoms with van der Waals surface area (Å²) in [5.74, 6) is -3.34. The first-order valence-corrected chi connectivity index (χ1v) is 8.71. The maximum atomic E-state index is 13.7. The van der Waals surface area contributed by atoms with Crippen LogP contribution in [0.2, 0.25) is 0 Å². The molecule has 168 valence electrons. The predicted molar refractivity (Wildman–Crippen MR) is 99.0 cm³/mol. The van der Waals surface area contributed by atoms with Gasteiger partial charge in [-0.15, -0.1) is 0 Å². The van der Waals surface area contributed by atoms with E-state index in [1.165, 1.54) is 30.3 Å². The van der Waals surface area contributed by atoms with Gasteiger partial charge in [-0.1, -0.05) is 6.07 Å². The van der Waals surface area contributed by atoms with Gasteiger partial charge in [-0.25, -0.2) is 4.39 Å². The van der Waals surface area contributed by atoms with Gasteiger partial charge in [-0.2, -0.15) is 26.3 Å². The van der Waals surface area contributed by atoms with Crippen molar-refractivity contribution in [3.05, 3.63) is 83.2 Å². The predicted octanol–water partition coefficient (Wildman–Crippen LogP) is 6.61. The Balaban J connectivity index is 1.81. The summed E-state index contributed by atoms with van der Waals surface area (Å²) in [6.45, 7) is 0. The summed E-state index contributed by atoms with van der Waals surface area (Å²) in [5, 5.41) is 11.9. The number of amides is 1. The molecule has 2 N–H and O–H groups in total. The molecular weight excluding hydrogens is 447 g/mol. The Morgan fingerprint density at radius 2 is 1.38 bits per heavy atom. The number of benzene rings is 3. The third-order valence-corrected chi connectivity index (χ3v) is 4.13. The first-order valence-electron chi connectivity index (χ1n) is 8.71. The molecule has 32 heavy (non-hydrogen) atoms. The van der Waals surface area contributed by atoms with Crippen LogP contribution in [0, 0.1) is 5.82 Å². The van der Waals surface area contributed by atoms with Crippen molar-refractivity contribution in [2.24, 2.45) is 0 Å².